The van der Waals surface area contributed by atoms with Crippen molar-refractivity contribution in [2.75, 3.05) is 13.3 Å². The third-order valence-corrected chi connectivity index (χ3v) is 3.32. The molecule has 1 aromatic carbocycles. The van der Waals surface area contributed by atoms with Crippen LogP contribution < -0.4 is 4.74 Å². The summed E-state index contributed by atoms with van der Waals surface area (Å²) >= 11 is 0. The summed E-state index contributed by atoms with van der Waals surface area (Å²) in [6.45, 7) is 11.0. The van der Waals surface area contributed by atoms with Crippen LogP contribution in [0.25, 0.3) is 0 Å². The van der Waals surface area contributed by atoms with Crippen molar-refractivity contribution in [3.05, 3.63) is 23.3 Å². The van der Waals surface area contributed by atoms with Crippen LogP contribution in [0.2, 0.25) is 0 Å². The summed E-state index contributed by atoms with van der Waals surface area (Å²) in [5.74, 6) is 1.30. The van der Waals surface area contributed by atoms with E-state index in [0.717, 1.165) is 36.4 Å². The smallest absolute Gasteiger partial charge is 0.142 e. The maximum absolute atomic E-state index is 10.1. The maximum Gasteiger partial charge on any atom is 0.142 e. The van der Waals surface area contributed by atoms with Gasteiger partial charge in [0.1, 0.15) is 18.2 Å². The minimum atomic E-state index is -0.0664. The lowest BCUT2D eigenvalue weighted by Gasteiger charge is -2.30. The number of nitrogens with zero attached hydrogens (tertiary/aromatic N) is 1. The lowest BCUT2D eigenvalue weighted by atomic mass is 9.85. The molecule has 2 rings (SSSR count). The van der Waals surface area contributed by atoms with E-state index in [9.17, 15) is 5.11 Å². The molecule has 18 heavy (non-hydrogen) atoms. The number of rotatable bonds is 2. The first kappa shape index (κ1) is 13.2. The Hall–Kier alpha value is -1.22. The Kier molecular flexibility index (Phi) is 3.53. The predicted molar refractivity (Wildman–Crippen MR) is 73.0 cm³/mol. The van der Waals surface area contributed by atoms with Crippen LogP contribution in [0.5, 0.6) is 11.5 Å². The molecular formula is C15H23NO2. The molecule has 0 saturated heterocycles. The molecule has 1 heterocycles. The Labute approximate surface area is 109 Å². The van der Waals surface area contributed by atoms with Crippen molar-refractivity contribution >= 4 is 0 Å². The van der Waals surface area contributed by atoms with Gasteiger partial charge in [-0.15, -0.1) is 0 Å². The van der Waals surface area contributed by atoms with Crippen LogP contribution in [0.3, 0.4) is 0 Å². The highest BCUT2D eigenvalue weighted by molar-refractivity contribution is 5.49. The van der Waals surface area contributed by atoms with Crippen LogP contribution in [0.15, 0.2) is 12.1 Å². The normalized spacial score (nSPS) is 16.2. The molecule has 0 atom stereocenters. The van der Waals surface area contributed by atoms with Gasteiger partial charge in [0.15, 0.2) is 0 Å². The second-order valence-corrected chi connectivity index (χ2v) is 6.05. The van der Waals surface area contributed by atoms with E-state index in [2.05, 4.69) is 32.6 Å². The Balaban J connectivity index is 2.30. The average molecular weight is 249 g/mol. The monoisotopic (exact) mass is 249 g/mol. The Morgan fingerprint density at radius 2 is 2.06 bits per heavy atom. The number of phenolic OH excluding ortho intramolecular Hbond substituents is 1. The molecule has 0 amide bonds. The van der Waals surface area contributed by atoms with Gasteiger partial charge in [-0.1, -0.05) is 27.7 Å². The topological polar surface area (TPSA) is 32.7 Å². The number of hydrogen-bond acceptors (Lipinski definition) is 3. The highest BCUT2D eigenvalue weighted by Crippen LogP contribution is 2.37. The van der Waals surface area contributed by atoms with Gasteiger partial charge < -0.3 is 9.84 Å². The van der Waals surface area contributed by atoms with Gasteiger partial charge in [0.25, 0.3) is 0 Å². The number of fused-ring (bicyclic) bond motifs is 1. The number of phenols is 1. The minimum Gasteiger partial charge on any atom is -0.508 e. The molecule has 1 aliphatic heterocycles. The maximum atomic E-state index is 10.1. The van der Waals surface area contributed by atoms with Crippen molar-refractivity contribution in [1.82, 2.24) is 4.90 Å². The van der Waals surface area contributed by atoms with Crippen molar-refractivity contribution in [1.29, 1.82) is 0 Å². The van der Waals surface area contributed by atoms with E-state index in [1.165, 1.54) is 0 Å². The Morgan fingerprint density at radius 1 is 1.33 bits per heavy atom. The van der Waals surface area contributed by atoms with Crippen molar-refractivity contribution in [3.63, 3.8) is 0 Å². The third kappa shape index (κ3) is 2.61. The fourth-order valence-electron chi connectivity index (χ4n) is 2.38. The Bertz CT molecular complexity index is 435. The fraction of sp³-hybridized carbons (Fsp3) is 0.600. The minimum absolute atomic E-state index is 0.0664. The average Bonchev–Trinajstić information content (AvgIpc) is 2.27. The van der Waals surface area contributed by atoms with E-state index < -0.39 is 0 Å². The van der Waals surface area contributed by atoms with E-state index >= 15 is 0 Å². The first-order valence-corrected chi connectivity index (χ1v) is 6.63. The fourth-order valence-corrected chi connectivity index (χ4v) is 2.38. The third-order valence-electron chi connectivity index (χ3n) is 3.32. The molecule has 0 saturated carbocycles. The van der Waals surface area contributed by atoms with Crippen molar-refractivity contribution < 1.29 is 9.84 Å². The highest BCUT2D eigenvalue weighted by Gasteiger charge is 2.24. The zero-order valence-electron chi connectivity index (χ0n) is 11.8. The number of aromatic hydroxyl groups is 1. The summed E-state index contributed by atoms with van der Waals surface area (Å²) in [6.07, 6.45) is 1.12. The zero-order valence-corrected chi connectivity index (χ0v) is 11.8. The molecule has 100 valence electrons. The summed E-state index contributed by atoms with van der Waals surface area (Å²) in [5.41, 5.74) is 1.97. The van der Waals surface area contributed by atoms with Gasteiger partial charge in [-0.2, -0.15) is 0 Å². The van der Waals surface area contributed by atoms with Crippen LogP contribution in [0, 0.1) is 0 Å². The first-order valence-electron chi connectivity index (χ1n) is 6.63. The van der Waals surface area contributed by atoms with Crippen LogP contribution in [-0.2, 0) is 12.0 Å². The molecule has 0 unspecified atom stereocenters. The molecule has 3 nitrogen and oxygen atoms in total. The number of hydrogen-bond donors (Lipinski definition) is 1. The summed E-state index contributed by atoms with van der Waals surface area (Å²) in [7, 11) is 0. The highest BCUT2D eigenvalue weighted by atomic mass is 16.5. The summed E-state index contributed by atoms with van der Waals surface area (Å²) in [6, 6.07) is 3.85. The van der Waals surface area contributed by atoms with Crippen molar-refractivity contribution in [3.8, 4) is 11.5 Å². The molecule has 0 aromatic heterocycles. The molecule has 1 aliphatic rings. The van der Waals surface area contributed by atoms with Gasteiger partial charge in [0.05, 0.1) is 0 Å². The predicted octanol–water partition coefficient (Wildman–Crippen LogP) is 3.25. The number of ether oxygens (including phenoxy) is 1. The van der Waals surface area contributed by atoms with E-state index in [1.807, 2.05) is 12.1 Å². The molecule has 1 aromatic rings. The summed E-state index contributed by atoms with van der Waals surface area (Å²) in [5, 5.41) is 10.1. The van der Waals surface area contributed by atoms with Crippen LogP contribution >= 0.6 is 0 Å². The van der Waals surface area contributed by atoms with E-state index in [1.54, 1.807) is 0 Å². The molecule has 3 heteroatoms. The Morgan fingerprint density at radius 3 is 2.67 bits per heavy atom. The molecule has 0 spiro atoms. The molecule has 1 N–H and O–H groups in total. The SMILES string of the molecule is CCCN1COc2cc(C(C)(C)C)c(O)cc2C1. The largest absolute Gasteiger partial charge is 0.508 e. The van der Waals surface area contributed by atoms with Gasteiger partial charge >= 0.3 is 0 Å². The van der Waals surface area contributed by atoms with Crippen molar-refractivity contribution in [2.24, 2.45) is 0 Å². The van der Waals surface area contributed by atoms with Crippen molar-refractivity contribution in [2.45, 2.75) is 46.1 Å². The summed E-state index contributed by atoms with van der Waals surface area (Å²) in [4.78, 5) is 2.25. The molecule has 0 bridgehead atoms. The second kappa shape index (κ2) is 4.81. The van der Waals surface area contributed by atoms with Gasteiger partial charge in [-0.3, -0.25) is 4.90 Å². The van der Waals surface area contributed by atoms with E-state index in [0.29, 0.717) is 12.5 Å². The molecule has 0 aliphatic carbocycles. The quantitative estimate of drug-likeness (QED) is 0.873. The molecule has 0 radical (unpaired) electrons. The van der Waals surface area contributed by atoms with Gasteiger partial charge in [0, 0.05) is 24.2 Å². The molecule has 0 fully saturated rings. The van der Waals surface area contributed by atoms with E-state index in [4.69, 9.17) is 4.74 Å². The van der Waals surface area contributed by atoms with E-state index in [-0.39, 0.29) is 5.41 Å². The first-order chi connectivity index (χ1) is 8.41. The summed E-state index contributed by atoms with van der Waals surface area (Å²) < 4.78 is 5.79. The second-order valence-electron chi connectivity index (χ2n) is 6.05. The number of benzene rings is 1. The van der Waals surface area contributed by atoms with Crippen LogP contribution in [-0.4, -0.2) is 23.3 Å². The van der Waals surface area contributed by atoms with Crippen LogP contribution in [0.4, 0.5) is 0 Å². The lowest BCUT2D eigenvalue weighted by molar-refractivity contribution is 0.0950. The van der Waals surface area contributed by atoms with Crippen LogP contribution in [0.1, 0.15) is 45.2 Å². The standard InChI is InChI=1S/C15H23NO2/c1-5-6-16-9-11-7-13(17)12(15(2,3)4)8-14(11)18-10-16/h7-8,17H,5-6,9-10H2,1-4H3. The lowest BCUT2D eigenvalue weighted by Crippen LogP contribution is -2.32. The zero-order chi connectivity index (χ0) is 13.3. The molecular weight excluding hydrogens is 226 g/mol. The van der Waals surface area contributed by atoms with Gasteiger partial charge in [-0.05, 0) is 24.0 Å². The van der Waals surface area contributed by atoms with Gasteiger partial charge in [-0.25, -0.2) is 0 Å². The van der Waals surface area contributed by atoms with Gasteiger partial charge in [0.2, 0.25) is 0 Å².